The molecule has 4 aliphatic heterocycles. The molecule has 0 unspecified atom stereocenters. The van der Waals surface area contributed by atoms with Gasteiger partial charge in [-0.05, 0) is 236 Å². The number of likely N-dealkylation sites (N-methyl/N-ethyl adjacent to an activating group) is 3. The second-order valence-electron chi connectivity index (χ2n) is 38.9. The van der Waals surface area contributed by atoms with Gasteiger partial charge in [-0.15, -0.1) is 6.42 Å². The lowest BCUT2D eigenvalue weighted by Gasteiger charge is -2.34. The Morgan fingerprint density at radius 1 is 0.331 bits per heavy atom. The van der Waals surface area contributed by atoms with Crippen molar-refractivity contribution in [2.45, 2.75) is 133 Å². The summed E-state index contributed by atoms with van der Waals surface area (Å²) in [5.74, 6) is 7.64. The molecule has 0 radical (unpaired) electrons. The number of hydrogen-bond donors (Lipinski definition) is 8. The van der Waals surface area contributed by atoms with E-state index in [-0.39, 0.29) is 11.9 Å². The van der Waals surface area contributed by atoms with Crippen molar-refractivity contribution in [1.29, 1.82) is 0 Å². The second-order valence-corrected chi connectivity index (χ2v) is 40.7. The zero-order valence-corrected chi connectivity index (χ0v) is 85.5. The van der Waals surface area contributed by atoms with Crippen LogP contribution in [0.3, 0.4) is 0 Å². The van der Waals surface area contributed by atoms with Gasteiger partial charge in [0.25, 0.3) is 0 Å². The molecule has 24 rings (SSSR count). The van der Waals surface area contributed by atoms with Crippen molar-refractivity contribution in [2.75, 3.05) is 183 Å². The summed E-state index contributed by atoms with van der Waals surface area (Å²) in [6.07, 6.45) is 31.4. The van der Waals surface area contributed by atoms with Crippen LogP contribution in [0.5, 0.6) is 0 Å². The van der Waals surface area contributed by atoms with E-state index in [1.807, 2.05) is 85.2 Å². The number of hydrogen-bond acceptors (Lipinski definition) is 28. The number of anilines is 19. The van der Waals surface area contributed by atoms with Crippen LogP contribution < -0.4 is 57.2 Å². The van der Waals surface area contributed by atoms with Gasteiger partial charge in [-0.2, -0.15) is 19.9 Å². The van der Waals surface area contributed by atoms with Gasteiger partial charge in [0.05, 0.1) is 43.7 Å². The highest BCUT2D eigenvalue weighted by molar-refractivity contribution is 9.10. The van der Waals surface area contributed by atoms with Gasteiger partial charge in [-0.25, -0.2) is 44.3 Å². The highest BCUT2D eigenvalue weighted by Crippen LogP contribution is 2.43. The van der Waals surface area contributed by atoms with Gasteiger partial charge in [-0.3, -0.25) is 23.2 Å². The summed E-state index contributed by atoms with van der Waals surface area (Å²) in [5.41, 5.74) is 19.4. The van der Waals surface area contributed by atoms with Gasteiger partial charge >= 0.3 is 0 Å². The molecule has 35 heteroatoms. The van der Waals surface area contributed by atoms with Crippen molar-refractivity contribution in [2.24, 2.45) is 0 Å². The lowest BCUT2D eigenvalue weighted by molar-refractivity contribution is 0.0342. The molecular formula is C110H124Br2FN31O. The van der Waals surface area contributed by atoms with Gasteiger partial charge in [0.1, 0.15) is 27.9 Å². The van der Waals surface area contributed by atoms with Gasteiger partial charge in [0, 0.05) is 194 Å². The molecule has 746 valence electrons. The number of nitrogens with one attached hydrogen (secondary N) is 8. The predicted molar refractivity (Wildman–Crippen MR) is 588 cm³/mol. The third-order valence-corrected chi connectivity index (χ3v) is 29.8. The average Bonchev–Trinajstić information content (AvgIpc) is 1.63. The van der Waals surface area contributed by atoms with E-state index >= 15 is 0 Å². The summed E-state index contributed by atoms with van der Waals surface area (Å²) in [6, 6.07) is 66.6. The van der Waals surface area contributed by atoms with Crippen molar-refractivity contribution >= 4 is 187 Å². The van der Waals surface area contributed by atoms with Gasteiger partial charge in [0.15, 0.2) is 22.6 Å². The molecule has 8 aromatic carbocycles. The second kappa shape index (κ2) is 45.5. The summed E-state index contributed by atoms with van der Waals surface area (Å²) in [5, 5.41) is 27.2. The fraction of sp³-hybridized carbons (Fsp3) is 0.364. The van der Waals surface area contributed by atoms with Crippen molar-refractivity contribution in [3.8, 4) is 12.3 Å². The topological polar surface area (TPSA) is 303 Å². The molecule has 4 saturated carbocycles. The molecule has 0 atom stereocenters. The van der Waals surface area contributed by atoms with E-state index in [4.69, 9.17) is 51.0 Å². The SMILES string of the molecule is C#Cc1cccc(Nc2nc3cnc(Nc4ccc(N5CCN(C)CC5)cc4)nc3n2C2CCCC2)c1.CN1CCN(c2ccc(Nc3ncc4nc(Nc5ccc(Br)cc5)n(C5CCCC5)c4n3)cc2)CC1.CN1CCN(c2ccc(Nc3ncc4nc(Nc5ccc(Br)cc5F)n(C5CCCC5)c4n3)cc2)CC1.c1ccc(Nc2nc3cnc(Nc4ccc(CN5CCOCC5)cc4)nc3n2C2CCCC2)cc1. The Labute approximate surface area is 861 Å². The van der Waals surface area contributed by atoms with E-state index in [1.165, 1.54) is 67.2 Å². The van der Waals surface area contributed by atoms with Crippen molar-refractivity contribution in [3.63, 3.8) is 0 Å². The number of para-hydroxylation sites is 1. The van der Waals surface area contributed by atoms with Crippen LogP contribution in [0.1, 0.15) is 138 Å². The standard InChI is InChI=1S/C29H32N8.C27H30BrFN8.C27H31BrN8.C27H31N7O/c1-3-21-7-6-8-23(19-21)32-29-33-26-20-30-28(34-27(26)37(29)25-9-4-5-10-25)31-22-11-13-24(14-12-22)36-17-15-35(2)16-18-36;1-35-12-14-36(15-13-35)20-9-7-19(8-10-20)31-26-30-17-24-25(34-26)37(21-4-2-3-5-21)27(33-24)32-23-11-6-18(28)16-22(23)29;1-34-14-16-35(17-15-34)22-12-10-20(11-13-22)30-26-29-18-24-25(33-26)36(23-4-2-3-5-23)27(32-24)31-21-8-6-19(28)7-9-21;1-2-6-21(7-3-1)30-27-31-24-18-28-26(32-25(24)34(27)23-8-4-5-9-23)29-22-12-10-20(11-13-22)19-33-14-16-35-17-15-33/h1,6-8,11-14,19-20,25H,4-5,9-10,15-18H2,2H3,(H,32,33)(H,30,31,34);6-11,16-17,21H,2-5,12-15H2,1H3,(H,32,33)(H,30,31,34);6-13,18,23H,2-5,14-17H2,1H3,(H,31,32)(H,29,30,33);1-3,6-7,10-13,18,23H,4-5,8-9,14-17,19H2,(H,30,31)(H,28,29,32). The minimum absolute atomic E-state index is 0.261. The van der Waals surface area contributed by atoms with E-state index in [1.54, 1.807) is 18.5 Å². The zero-order chi connectivity index (χ0) is 98.5. The maximum Gasteiger partial charge on any atom is 0.229 e. The number of ether oxygens (including phenoxy) is 1. The Morgan fingerprint density at radius 3 is 1.01 bits per heavy atom. The molecule has 8 aromatic heterocycles. The van der Waals surface area contributed by atoms with E-state index in [0.717, 1.165) is 282 Å². The molecule has 0 bridgehead atoms. The molecule has 4 aliphatic carbocycles. The molecule has 12 heterocycles. The molecule has 4 saturated heterocycles. The number of nitrogens with zero attached hydrogens (tertiary/aromatic N) is 23. The maximum absolute atomic E-state index is 14.6. The van der Waals surface area contributed by atoms with Crippen molar-refractivity contribution in [1.82, 2.24) is 97.7 Å². The number of rotatable bonds is 25. The van der Waals surface area contributed by atoms with Crippen LogP contribution in [0.2, 0.25) is 0 Å². The highest BCUT2D eigenvalue weighted by Gasteiger charge is 2.32. The predicted octanol–water partition coefficient (Wildman–Crippen LogP) is 22.4. The third kappa shape index (κ3) is 23.8. The maximum atomic E-state index is 14.6. The first-order valence-electron chi connectivity index (χ1n) is 51.1. The number of aromatic nitrogens is 16. The molecule has 8 N–H and O–H groups in total. The van der Waals surface area contributed by atoms with Crippen LogP contribution in [-0.4, -0.2) is 224 Å². The Bertz CT molecular complexity index is 7090. The molecule has 145 heavy (non-hydrogen) atoms. The molecule has 16 aromatic rings. The first kappa shape index (κ1) is 97.1. The van der Waals surface area contributed by atoms with Crippen LogP contribution in [-0.2, 0) is 11.3 Å². The number of morpholine rings is 1. The number of halogens is 3. The molecular weight excluding hydrogens is 1950 g/mol. The Kier molecular flexibility index (Phi) is 30.5. The van der Waals surface area contributed by atoms with E-state index in [2.05, 4.69) is 283 Å². The van der Waals surface area contributed by atoms with E-state index in [9.17, 15) is 4.39 Å². The molecule has 0 spiro atoms. The minimum atomic E-state index is -0.340. The summed E-state index contributed by atoms with van der Waals surface area (Å²) in [6.45, 7) is 17.4. The lowest BCUT2D eigenvalue weighted by atomic mass is 10.2. The Morgan fingerprint density at radius 2 is 0.648 bits per heavy atom. The Balaban J connectivity index is 0.000000114. The minimum Gasteiger partial charge on any atom is -0.379 e. The largest absolute Gasteiger partial charge is 0.379 e. The fourth-order valence-corrected chi connectivity index (χ4v) is 21.3. The van der Waals surface area contributed by atoms with E-state index in [0.29, 0.717) is 63.5 Å². The molecule has 8 aliphatic rings. The van der Waals surface area contributed by atoms with Crippen LogP contribution in [0, 0.1) is 18.2 Å². The highest BCUT2D eigenvalue weighted by atomic mass is 79.9. The van der Waals surface area contributed by atoms with Gasteiger partial charge in [-0.1, -0.05) is 126 Å². The summed E-state index contributed by atoms with van der Waals surface area (Å²) >= 11 is 6.83. The first-order chi connectivity index (χ1) is 71.1. The third-order valence-electron chi connectivity index (χ3n) is 28.8. The summed E-state index contributed by atoms with van der Waals surface area (Å²) in [4.78, 5) is 74.0. The van der Waals surface area contributed by atoms with Crippen LogP contribution >= 0.6 is 31.9 Å². The quantitative estimate of drug-likeness (QED) is 0.0247. The van der Waals surface area contributed by atoms with E-state index < -0.39 is 0 Å². The molecule has 8 fully saturated rings. The van der Waals surface area contributed by atoms with Crippen molar-refractivity contribution in [3.05, 3.63) is 245 Å². The fourth-order valence-electron chi connectivity index (χ4n) is 20.7. The molecule has 0 amide bonds. The Hall–Kier alpha value is -14.0. The number of benzene rings is 8. The number of piperazine rings is 3. The number of fused-ring (bicyclic) bond motifs is 4. The summed E-state index contributed by atoms with van der Waals surface area (Å²) in [7, 11) is 6.52. The first-order valence-corrected chi connectivity index (χ1v) is 52.7. The van der Waals surface area contributed by atoms with Gasteiger partial charge < -0.3 is 76.7 Å². The smallest absolute Gasteiger partial charge is 0.229 e. The normalized spacial score (nSPS) is 17.0. The van der Waals surface area contributed by atoms with Crippen LogP contribution in [0.25, 0.3) is 44.7 Å². The van der Waals surface area contributed by atoms with Crippen LogP contribution in [0.4, 0.5) is 115 Å². The number of imidazole rings is 4. The zero-order valence-electron chi connectivity index (χ0n) is 82.3. The van der Waals surface area contributed by atoms with Gasteiger partial charge in [0.2, 0.25) is 47.6 Å². The van der Waals surface area contributed by atoms with Crippen LogP contribution in [0.15, 0.2) is 228 Å². The number of terminal acetylenes is 1. The monoisotopic (exact) mass is 2070 g/mol. The molecule has 32 nitrogen and oxygen atoms in total. The summed E-state index contributed by atoms with van der Waals surface area (Å²) < 4.78 is 30.7. The van der Waals surface area contributed by atoms with Crippen molar-refractivity contribution < 1.29 is 9.13 Å². The average molecular weight is 2080 g/mol. The lowest BCUT2D eigenvalue weighted by Crippen LogP contribution is -2.44.